The van der Waals surface area contributed by atoms with Crippen LogP contribution in [0.25, 0.3) is 0 Å². The average Bonchev–Trinajstić information content (AvgIpc) is 2.80. The van der Waals surface area contributed by atoms with Crippen LogP contribution >= 0.6 is 11.3 Å². The van der Waals surface area contributed by atoms with Gasteiger partial charge in [-0.05, 0) is 13.3 Å². The molecule has 1 saturated heterocycles. The zero-order chi connectivity index (χ0) is 14.3. The van der Waals surface area contributed by atoms with E-state index in [1.54, 1.807) is 11.3 Å². The van der Waals surface area contributed by atoms with Crippen molar-refractivity contribution in [2.45, 2.75) is 51.6 Å². The van der Waals surface area contributed by atoms with Gasteiger partial charge in [-0.15, -0.1) is 11.3 Å². The van der Waals surface area contributed by atoms with Crippen LogP contribution in [0.3, 0.4) is 0 Å². The molecule has 0 saturated carbocycles. The Morgan fingerprint density at radius 3 is 2.63 bits per heavy atom. The minimum Gasteiger partial charge on any atom is -0.304 e. The second kappa shape index (κ2) is 4.82. The molecule has 1 aromatic heterocycles. The molecule has 1 atom stereocenters. The molecule has 2 heterocycles. The third-order valence-corrected chi connectivity index (χ3v) is 6.24. The van der Waals surface area contributed by atoms with E-state index in [9.17, 15) is 8.42 Å². The minimum atomic E-state index is -2.86. The summed E-state index contributed by atoms with van der Waals surface area (Å²) in [6, 6.07) is 0. The average molecular weight is 302 g/mol. The molecule has 1 aliphatic heterocycles. The van der Waals surface area contributed by atoms with Crippen molar-refractivity contribution in [3.05, 3.63) is 16.1 Å². The molecule has 19 heavy (non-hydrogen) atoms. The van der Waals surface area contributed by atoms with Crippen molar-refractivity contribution in [3.8, 4) is 0 Å². The molecule has 0 bridgehead atoms. The molecule has 0 aromatic carbocycles. The fourth-order valence-electron chi connectivity index (χ4n) is 2.18. The van der Waals surface area contributed by atoms with Crippen molar-refractivity contribution in [2.24, 2.45) is 0 Å². The Kier molecular flexibility index (Phi) is 3.79. The zero-order valence-electron chi connectivity index (χ0n) is 12.0. The van der Waals surface area contributed by atoms with Crippen molar-refractivity contribution < 1.29 is 8.42 Å². The van der Waals surface area contributed by atoms with E-state index >= 15 is 0 Å². The predicted octanol–water partition coefficient (Wildman–Crippen LogP) is 2.11. The van der Waals surface area contributed by atoms with Crippen LogP contribution in [0.2, 0.25) is 0 Å². The lowest BCUT2D eigenvalue weighted by Gasteiger charge is -2.23. The fourth-order valence-corrected chi connectivity index (χ4v) is 5.26. The molecule has 0 aliphatic carbocycles. The Balaban J connectivity index is 1.98. The van der Waals surface area contributed by atoms with Gasteiger partial charge in [0.25, 0.3) is 0 Å². The fraction of sp³-hybridized carbons (Fsp3) is 0.769. The summed E-state index contributed by atoms with van der Waals surface area (Å²) in [5, 5.41) is 6.48. The highest BCUT2D eigenvalue weighted by Gasteiger charge is 2.37. The summed E-state index contributed by atoms with van der Waals surface area (Å²) in [6.07, 6.45) is 0.687. The van der Waals surface area contributed by atoms with Crippen molar-refractivity contribution in [3.63, 3.8) is 0 Å². The Labute approximate surface area is 119 Å². The van der Waals surface area contributed by atoms with E-state index in [0.29, 0.717) is 18.7 Å². The van der Waals surface area contributed by atoms with E-state index < -0.39 is 9.84 Å². The van der Waals surface area contributed by atoms with E-state index in [-0.39, 0.29) is 16.7 Å². The highest BCUT2D eigenvalue weighted by molar-refractivity contribution is 7.91. The van der Waals surface area contributed by atoms with Gasteiger partial charge in [0.15, 0.2) is 9.84 Å². The van der Waals surface area contributed by atoms with Crippen LogP contribution in [0.1, 0.15) is 44.8 Å². The van der Waals surface area contributed by atoms with E-state index in [1.165, 1.54) is 0 Å². The van der Waals surface area contributed by atoms with Crippen LogP contribution in [0.4, 0.5) is 0 Å². The first-order valence-electron chi connectivity index (χ1n) is 6.50. The largest absolute Gasteiger partial charge is 0.304 e. The summed E-state index contributed by atoms with van der Waals surface area (Å²) in [5.41, 5.74) is 0.861. The molecule has 2 rings (SSSR count). The Bertz CT molecular complexity index is 557. The summed E-state index contributed by atoms with van der Waals surface area (Å²) < 4.78 is 23.1. The molecule has 1 aromatic rings. The van der Waals surface area contributed by atoms with Gasteiger partial charge in [0.05, 0.1) is 17.2 Å². The molecule has 1 aliphatic rings. The molecule has 1 N–H and O–H groups in total. The Morgan fingerprint density at radius 1 is 1.47 bits per heavy atom. The smallest absolute Gasteiger partial charge is 0.152 e. The first kappa shape index (κ1) is 14.9. The second-order valence-electron chi connectivity index (χ2n) is 6.63. The standard InChI is InChI=1S/C13H22N2O2S2/c1-12(2,3)10-8-18-11(15-10)7-14-13(4)5-6-19(16,17)9-13/h8,14H,5-7,9H2,1-4H3. The molecule has 0 radical (unpaired) electrons. The van der Waals surface area contributed by atoms with Crippen molar-refractivity contribution in [1.82, 2.24) is 10.3 Å². The van der Waals surface area contributed by atoms with Crippen LogP contribution in [0, 0.1) is 0 Å². The van der Waals surface area contributed by atoms with E-state index in [1.807, 2.05) is 6.92 Å². The maximum absolute atomic E-state index is 11.5. The van der Waals surface area contributed by atoms with Gasteiger partial charge in [-0.3, -0.25) is 0 Å². The summed E-state index contributed by atoms with van der Waals surface area (Å²) >= 11 is 1.64. The van der Waals surface area contributed by atoms with Gasteiger partial charge in [-0.25, -0.2) is 13.4 Å². The maximum atomic E-state index is 11.5. The van der Waals surface area contributed by atoms with Gasteiger partial charge >= 0.3 is 0 Å². The molecular formula is C13H22N2O2S2. The van der Waals surface area contributed by atoms with Crippen LogP contribution < -0.4 is 5.32 Å². The molecular weight excluding hydrogens is 280 g/mol. The monoisotopic (exact) mass is 302 g/mol. The molecule has 0 spiro atoms. The third kappa shape index (κ3) is 3.77. The lowest BCUT2D eigenvalue weighted by molar-refractivity contribution is 0.394. The molecule has 4 nitrogen and oxygen atoms in total. The quantitative estimate of drug-likeness (QED) is 0.929. The highest BCUT2D eigenvalue weighted by atomic mass is 32.2. The van der Waals surface area contributed by atoms with Gasteiger partial charge in [0.1, 0.15) is 5.01 Å². The van der Waals surface area contributed by atoms with Crippen molar-refractivity contribution in [2.75, 3.05) is 11.5 Å². The summed E-state index contributed by atoms with van der Waals surface area (Å²) in [7, 11) is -2.86. The SMILES string of the molecule is CC1(NCc2nc(C(C)(C)C)cs2)CCS(=O)(=O)C1. The topological polar surface area (TPSA) is 59.1 Å². The number of nitrogens with one attached hydrogen (secondary N) is 1. The number of nitrogens with zero attached hydrogens (tertiary/aromatic N) is 1. The summed E-state index contributed by atoms with van der Waals surface area (Å²) in [5.74, 6) is 0.527. The Morgan fingerprint density at radius 2 is 2.16 bits per heavy atom. The van der Waals surface area contributed by atoms with Crippen molar-refractivity contribution >= 4 is 21.2 Å². The van der Waals surface area contributed by atoms with E-state index in [4.69, 9.17) is 0 Å². The lowest BCUT2D eigenvalue weighted by atomic mass is 9.93. The Hall–Kier alpha value is -0.460. The molecule has 1 unspecified atom stereocenters. The second-order valence-corrected chi connectivity index (χ2v) is 9.76. The number of thiazole rings is 1. The van der Waals surface area contributed by atoms with Gasteiger partial charge in [0, 0.05) is 22.9 Å². The molecule has 0 amide bonds. The first-order chi connectivity index (χ1) is 8.60. The van der Waals surface area contributed by atoms with Crippen LogP contribution in [-0.4, -0.2) is 30.4 Å². The normalized spacial score (nSPS) is 26.7. The number of hydrogen-bond donors (Lipinski definition) is 1. The van der Waals surface area contributed by atoms with Crippen molar-refractivity contribution in [1.29, 1.82) is 0 Å². The number of aromatic nitrogens is 1. The molecule has 1 fully saturated rings. The number of sulfone groups is 1. The molecule has 6 heteroatoms. The van der Waals surface area contributed by atoms with Gasteiger partial charge < -0.3 is 5.32 Å². The first-order valence-corrected chi connectivity index (χ1v) is 9.20. The van der Waals surface area contributed by atoms with Gasteiger partial charge in [-0.1, -0.05) is 20.8 Å². The predicted molar refractivity (Wildman–Crippen MR) is 79.3 cm³/mol. The maximum Gasteiger partial charge on any atom is 0.152 e. The van der Waals surface area contributed by atoms with Gasteiger partial charge in [0.2, 0.25) is 0 Å². The van der Waals surface area contributed by atoms with Crippen LogP contribution in [-0.2, 0) is 21.8 Å². The van der Waals surface area contributed by atoms with Crippen LogP contribution in [0.15, 0.2) is 5.38 Å². The van der Waals surface area contributed by atoms with Crippen LogP contribution in [0.5, 0.6) is 0 Å². The number of hydrogen-bond acceptors (Lipinski definition) is 5. The van der Waals surface area contributed by atoms with E-state index in [0.717, 1.165) is 10.7 Å². The van der Waals surface area contributed by atoms with Gasteiger partial charge in [-0.2, -0.15) is 0 Å². The number of rotatable bonds is 3. The molecule has 108 valence electrons. The highest BCUT2D eigenvalue weighted by Crippen LogP contribution is 2.26. The third-order valence-electron chi connectivity index (χ3n) is 3.49. The lowest BCUT2D eigenvalue weighted by Crippen LogP contribution is -2.42. The zero-order valence-corrected chi connectivity index (χ0v) is 13.6. The van der Waals surface area contributed by atoms with E-state index in [2.05, 4.69) is 36.5 Å². The minimum absolute atomic E-state index is 0.0648. The summed E-state index contributed by atoms with van der Waals surface area (Å²) in [6.45, 7) is 9.06. The summed E-state index contributed by atoms with van der Waals surface area (Å²) in [4.78, 5) is 4.62.